The van der Waals surface area contributed by atoms with Gasteiger partial charge in [0.1, 0.15) is 0 Å². The Balaban J connectivity index is 2.64. The van der Waals surface area contributed by atoms with Crippen molar-refractivity contribution < 1.29 is 4.43 Å². The quantitative estimate of drug-likeness (QED) is 0.648. The Morgan fingerprint density at radius 3 is 2.47 bits per heavy atom. The van der Waals surface area contributed by atoms with Gasteiger partial charge in [-0.3, -0.25) is 4.98 Å². The van der Waals surface area contributed by atoms with Crippen LogP contribution in [-0.2, 0) is 4.43 Å². The van der Waals surface area contributed by atoms with Gasteiger partial charge in [0.2, 0.25) is 9.04 Å². The van der Waals surface area contributed by atoms with Gasteiger partial charge in [-0.25, -0.2) is 0 Å². The molecule has 0 saturated heterocycles. The maximum atomic E-state index is 6.12. The van der Waals surface area contributed by atoms with Gasteiger partial charge < -0.3 is 4.43 Å². The molecule has 1 aromatic heterocycles. The highest BCUT2D eigenvalue weighted by Gasteiger charge is 2.17. The molecule has 0 saturated carbocycles. The predicted molar refractivity (Wildman–Crippen MR) is 86.6 cm³/mol. The lowest BCUT2D eigenvalue weighted by Crippen LogP contribution is -2.16. The molecule has 0 aliphatic heterocycles. The van der Waals surface area contributed by atoms with E-state index < -0.39 is 9.04 Å². The Kier molecular flexibility index (Phi) is 6.70. The highest BCUT2D eigenvalue weighted by atomic mass is 79.9. The third-order valence-electron chi connectivity index (χ3n) is 2.85. The van der Waals surface area contributed by atoms with E-state index in [1.54, 1.807) is 0 Å². The first-order valence-electron chi connectivity index (χ1n) is 6.86. The smallest absolute Gasteiger partial charge is 0.205 e. The lowest BCUT2D eigenvalue weighted by Gasteiger charge is -2.22. The molecule has 1 atom stereocenters. The number of rotatable bonds is 6. The van der Waals surface area contributed by atoms with Gasteiger partial charge >= 0.3 is 0 Å². The number of pyridine rings is 1. The highest BCUT2D eigenvalue weighted by molar-refractivity contribution is 9.10. The van der Waals surface area contributed by atoms with Gasteiger partial charge in [-0.15, -0.1) is 0 Å². The first-order chi connectivity index (χ1) is 8.78. The summed E-state index contributed by atoms with van der Waals surface area (Å²) in [6.07, 6.45) is 5.47. The summed E-state index contributed by atoms with van der Waals surface area (Å²) in [6, 6.07) is 4.11. The molecular weight excluding hydrogens is 318 g/mol. The molecule has 4 heteroatoms. The second kappa shape index (κ2) is 7.55. The van der Waals surface area contributed by atoms with Crippen molar-refractivity contribution in [1.82, 2.24) is 4.98 Å². The second-order valence-corrected chi connectivity index (χ2v) is 9.34. The van der Waals surface area contributed by atoms with Crippen molar-refractivity contribution in [2.24, 2.45) is 5.41 Å². The highest BCUT2D eigenvalue weighted by Crippen LogP contribution is 2.28. The van der Waals surface area contributed by atoms with Crippen LogP contribution in [0.3, 0.4) is 0 Å². The van der Waals surface area contributed by atoms with Crippen LogP contribution in [-0.4, -0.2) is 14.0 Å². The van der Waals surface area contributed by atoms with Crippen molar-refractivity contribution in [2.45, 2.75) is 59.2 Å². The molecule has 0 fully saturated rings. The van der Waals surface area contributed by atoms with Crippen LogP contribution in [0.5, 0.6) is 0 Å². The monoisotopic (exact) mass is 342 g/mol. The first-order valence-corrected chi connectivity index (χ1v) is 10.1. The van der Waals surface area contributed by atoms with Crippen LogP contribution in [0.15, 0.2) is 22.8 Å². The summed E-state index contributed by atoms with van der Waals surface area (Å²) in [7, 11) is -0.707. The van der Waals surface area contributed by atoms with Crippen LogP contribution in [0, 0.1) is 5.41 Å². The maximum absolute atomic E-state index is 6.12. The van der Waals surface area contributed by atoms with Gasteiger partial charge in [-0.2, -0.15) is 0 Å². The summed E-state index contributed by atoms with van der Waals surface area (Å²) in [5, 5.41) is 0. The molecule has 1 aromatic rings. The molecule has 0 N–H and O–H groups in total. The van der Waals surface area contributed by atoms with Crippen LogP contribution in [0.4, 0.5) is 0 Å². The molecule has 1 unspecified atom stereocenters. The lowest BCUT2D eigenvalue weighted by molar-refractivity contribution is 0.181. The van der Waals surface area contributed by atoms with E-state index in [9.17, 15) is 0 Å². The van der Waals surface area contributed by atoms with E-state index in [0.717, 1.165) is 16.6 Å². The summed E-state index contributed by atoms with van der Waals surface area (Å²) >= 11 is 3.43. The summed E-state index contributed by atoms with van der Waals surface area (Å²) < 4.78 is 7.13. The van der Waals surface area contributed by atoms with Gasteiger partial charge in [0.05, 0.1) is 11.8 Å². The van der Waals surface area contributed by atoms with Crippen LogP contribution < -0.4 is 0 Å². The standard InChI is InChI=1S/C15H25BrNOSi/c1-15(2,3)10-6-7-14(18-19(4)5)13-9-8-12(16)11-17-13/h8-9,11,14H,6-7,10H2,1-5H3. The van der Waals surface area contributed by atoms with Gasteiger partial charge in [0.25, 0.3) is 0 Å². The van der Waals surface area contributed by atoms with E-state index in [1.807, 2.05) is 12.3 Å². The van der Waals surface area contributed by atoms with Crippen LogP contribution in [0.2, 0.25) is 13.1 Å². The minimum atomic E-state index is -0.707. The van der Waals surface area contributed by atoms with Crippen molar-refractivity contribution in [3.05, 3.63) is 28.5 Å². The normalized spacial score (nSPS) is 13.8. The zero-order valence-electron chi connectivity index (χ0n) is 12.7. The Labute approximate surface area is 127 Å². The van der Waals surface area contributed by atoms with Crippen molar-refractivity contribution in [1.29, 1.82) is 0 Å². The number of nitrogens with zero attached hydrogens (tertiary/aromatic N) is 1. The third kappa shape index (κ3) is 7.23. The summed E-state index contributed by atoms with van der Waals surface area (Å²) in [5.74, 6) is 0. The molecule has 0 spiro atoms. The van der Waals surface area contributed by atoms with Crippen LogP contribution in [0.1, 0.15) is 51.8 Å². The molecule has 1 rings (SSSR count). The number of aromatic nitrogens is 1. The molecule has 2 nitrogen and oxygen atoms in total. The Bertz CT molecular complexity index is 373. The van der Waals surface area contributed by atoms with Crippen LogP contribution >= 0.6 is 15.9 Å². The number of hydrogen-bond acceptors (Lipinski definition) is 2. The lowest BCUT2D eigenvalue weighted by atomic mass is 9.89. The predicted octanol–water partition coefficient (Wildman–Crippen LogP) is 5.37. The first kappa shape index (κ1) is 16.9. The van der Waals surface area contributed by atoms with E-state index in [2.05, 4.69) is 60.8 Å². The van der Waals surface area contributed by atoms with Crippen molar-refractivity contribution in [3.63, 3.8) is 0 Å². The molecule has 0 bridgehead atoms. The zero-order chi connectivity index (χ0) is 14.5. The Morgan fingerprint density at radius 2 is 2.00 bits per heavy atom. The van der Waals surface area contributed by atoms with E-state index in [1.165, 1.54) is 12.8 Å². The molecule has 1 radical (unpaired) electrons. The Hall–Kier alpha value is -0.193. The average molecular weight is 343 g/mol. The fourth-order valence-corrected chi connectivity index (χ4v) is 2.99. The second-order valence-electron chi connectivity index (χ2n) is 6.37. The van der Waals surface area contributed by atoms with E-state index in [4.69, 9.17) is 4.43 Å². The van der Waals surface area contributed by atoms with Gasteiger partial charge in [0, 0.05) is 10.7 Å². The number of halogens is 1. The molecule has 1 heterocycles. The average Bonchev–Trinajstić information content (AvgIpc) is 2.26. The molecule has 0 amide bonds. The van der Waals surface area contributed by atoms with E-state index in [0.29, 0.717) is 5.41 Å². The molecule has 0 aromatic carbocycles. The van der Waals surface area contributed by atoms with Crippen molar-refractivity contribution in [2.75, 3.05) is 0 Å². The van der Waals surface area contributed by atoms with E-state index >= 15 is 0 Å². The zero-order valence-corrected chi connectivity index (χ0v) is 15.3. The molecule has 0 aliphatic carbocycles. The molecule has 0 aliphatic rings. The van der Waals surface area contributed by atoms with Gasteiger partial charge in [-0.05, 0) is 65.8 Å². The Morgan fingerprint density at radius 1 is 1.32 bits per heavy atom. The minimum absolute atomic E-state index is 0.152. The topological polar surface area (TPSA) is 22.1 Å². The fraction of sp³-hybridized carbons (Fsp3) is 0.667. The number of hydrogen-bond donors (Lipinski definition) is 0. The summed E-state index contributed by atoms with van der Waals surface area (Å²) in [6.45, 7) is 11.2. The summed E-state index contributed by atoms with van der Waals surface area (Å²) in [4.78, 5) is 4.49. The fourth-order valence-electron chi connectivity index (χ4n) is 1.95. The van der Waals surface area contributed by atoms with Crippen molar-refractivity contribution in [3.8, 4) is 0 Å². The maximum Gasteiger partial charge on any atom is 0.205 e. The van der Waals surface area contributed by atoms with E-state index in [-0.39, 0.29) is 6.10 Å². The molecule has 107 valence electrons. The molecular formula is C15H25BrNOSi. The SMILES string of the molecule is C[Si](C)OC(CCCC(C)(C)C)c1ccc(Br)cn1. The third-order valence-corrected chi connectivity index (χ3v) is 4.08. The summed E-state index contributed by atoms with van der Waals surface area (Å²) in [5.41, 5.74) is 1.45. The largest absolute Gasteiger partial charge is 0.409 e. The minimum Gasteiger partial charge on any atom is -0.409 e. The van der Waals surface area contributed by atoms with Gasteiger partial charge in [0.15, 0.2) is 0 Å². The van der Waals surface area contributed by atoms with Gasteiger partial charge in [-0.1, -0.05) is 20.8 Å². The van der Waals surface area contributed by atoms with Crippen molar-refractivity contribution >= 4 is 25.0 Å². The molecule has 19 heavy (non-hydrogen) atoms. The van der Waals surface area contributed by atoms with Crippen LogP contribution in [0.25, 0.3) is 0 Å².